The van der Waals surface area contributed by atoms with Gasteiger partial charge >= 0.3 is 11.9 Å². The number of carboxylic acids is 1. The van der Waals surface area contributed by atoms with Crippen molar-refractivity contribution in [2.45, 2.75) is 173 Å². The lowest BCUT2D eigenvalue weighted by atomic mass is 9.33. The van der Waals surface area contributed by atoms with Gasteiger partial charge in [0.2, 0.25) is 6.29 Å². The van der Waals surface area contributed by atoms with E-state index in [0.29, 0.717) is 44.9 Å². The summed E-state index contributed by atoms with van der Waals surface area (Å²) in [5, 5.41) is 118. The van der Waals surface area contributed by atoms with E-state index >= 15 is 0 Å². The van der Waals surface area contributed by atoms with Gasteiger partial charge in [-0.1, -0.05) is 46.3 Å². The molecule has 4 saturated carbocycles. The number of fused-ring (bicyclic) bond motifs is 7. The van der Waals surface area contributed by atoms with Crippen LogP contribution < -0.4 is 0 Å². The first-order chi connectivity index (χ1) is 27.4. The molecule has 17 nitrogen and oxygen atoms in total. The van der Waals surface area contributed by atoms with Gasteiger partial charge in [-0.25, -0.2) is 0 Å². The Balaban J connectivity index is 1.23. The van der Waals surface area contributed by atoms with Gasteiger partial charge in [0.05, 0.1) is 36.3 Å². The highest BCUT2D eigenvalue weighted by Crippen LogP contribution is 2.76. The molecule has 7 aliphatic rings. The molecule has 11 N–H and O–H groups in total. The van der Waals surface area contributed by atoms with Crippen molar-refractivity contribution < 1.29 is 84.7 Å². The second-order valence-electron chi connectivity index (χ2n) is 20.6. The summed E-state index contributed by atoms with van der Waals surface area (Å²) in [6.07, 6.45) is -14.8. The lowest BCUT2D eigenvalue weighted by Crippen LogP contribution is -2.71. The van der Waals surface area contributed by atoms with E-state index in [9.17, 15) is 65.8 Å². The van der Waals surface area contributed by atoms with Crippen LogP contribution in [-0.2, 0) is 28.5 Å². The molecule has 59 heavy (non-hydrogen) atoms. The molecule has 0 unspecified atom stereocenters. The van der Waals surface area contributed by atoms with Crippen LogP contribution >= 0.6 is 0 Å². The van der Waals surface area contributed by atoms with Crippen LogP contribution in [0.1, 0.15) is 92.9 Å². The summed E-state index contributed by atoms with van der Waals surface area (Å²) in [6, 6.07) is 0. The number of hydrogen-bond acceptors (Lipinski definition) is 16. The lowest BCUT2D eigenvalue weighted by molar-refractivity contribution is -0.340. The topological polar surface area (TPSA) is 294 Å². The third-order valence-electron chi connectivity index (χ3n) is 17.5. The summed E-state index contributed by atoms with van der Waals surface area (Å²) < 4.78 is 23.2. The third kappa shape index (κ3) is 6.34. The predicted octanol–water partition coefficient (Wildman–Crippen LogP) is -0.677. The van der Waals surface area contributed by atoms with Crippen molar-refractivity contribution in [1.29, 1.82) is 0 Å². The van der Waals surface area contributed by atoms with E-state index in [1.807, 2.05) is 20.8 Å². The van der Waals surface area contributed by atoms with E-state index in [-0.39, 0.29) is 12.3 Å². The summed E-state index contributed by atoms with van der Waals surface area (Å²) in [5.41, 5.74) is -4.62. The molecule has 2 aliphatic heterocycles. The molecule has 17 heteroatoms. The van der Waals surface area contributed by atoms with Gasteiger partial charge in [-0.3, -0.25) is 9.59 Å². The molecule has 336 valence electrons. The number of rotatable bonds is 7. The SMILES string of the molecule is CC1(C)CC[C@]2(C(=O)O[C@@H]3O[C@H](CO)[C@@H](O)[C@H](O)[C@H]3O)CC[C@]3(C)C(=CC[C@@H]4[C@@]5(C)C[C@@H](O)[C@H](O[C@@H]6O[C@H](CO)[C@@H](O)[C@H](O)[C@H]6O)[C@@](C)(C(=O)O)[C@@H]5CC[C@]43C)[C@@H]2[C@@H]1O. The molecule has 0 amide bonds. The first-order valence-corrected chi connectivity index (χ1v) is 21.2. The van der Waals surface area contributed by atoms with Crippen LogP contribution in [0.3, 0.4) is 0 Å². The lowest BCUT2D eigenvalue weighted by Gasteiger charge is -2.71. The summed E-state index contributed by atoms with van der Waals surface area (Å²) >= 11 is 0. The van der Waals surface area contributed by atoms with E-state index < -0.39 is 149 Å². The van der Waals surface area contributed by atoms with Crippen LogP contribution in [0.2, 0.25) is 0 Å². The molecule has 0 aromatic heterocycles. The largest absolute Gasteiger partial charge is 0.481 e. The van der Waals surface area contributed by atoms with Crippen LogP contribution in [0.5, 0.6) is 0 Å². The van der Waals surface area contributed by atoms with Crippen LogP contribution in [0.4, 0.5) is 0 Å². The molecule has 7 rings (SSSR count). The minimum absolute atomic E-state index is 0.122. The second-order valence-corrected chi connectivity index (χ2v) is 20.6. The number of carboxylic acid groups (broad SMARTS) is 1. The van der Waals surface area contributed by atoms with Gasteiger partial charge in [0.25, 0.3) is 0 Å². The fraction of sp³-hybridized carbons (Fsp3) is 0.905. The normalized spacial score (nSPS) is 54.4. The van der Waals surface area contributed by atoms with Crippen LogP contribution in [0.25, 0.3) is 0 Å². The van der Waals surface area contributed by atoms with Crippen LogP contribution in [0, 0.1) is 50.2 Å². The maximum absolute atomic E-state index is 14.6. The van der Waals surface area contributed by atoms with Crippen molar-refractivity contribution in [3.05, 3.63) is 11.6 Å². The highest BCUT2D eigenvalue weighted by atomic mass is 16.7. The zero-order valence-electron chi connectivity index (χ0n) is 34.8. The Morgan fingerprint density at radius 3 is 1.86 bits per heavy atom. The molecule has 0 spiro atoms. The zero-order chi connectivity index (χ0) is 43.6. The summed E-state index contributed by atoms with van der Waals surface area (Å²) in [5.74, 6) is -3.41. The monoisotopic (exact) mass is 842 g/mol. The fourth-order valence-electron chi connectivity index (χ4n) is 13.6. The average Bonchev–Trinajstić information content (AvgIpc) is 3.17. The van der Waals surface area contributed by atoms with Crippen molar-refractivity contribution in [1.82, 2.24) is 0 Å². The van der Waals surface area contributed by atoms with E-state index in [2.05, 4.69) is 19.9 Å². The summed E-state index contributed by atoms with van der Waals surface area (Å²) in [7, 11) is 0. The Morgan fingerprint density at radius 1 is 0.729 bits per heavy atom. The zero-order valence-corrected chi connectivity index (χ0v) is 34.8. The van der Waals surface area contributed by atoms with Gasteiger partial charge in [-0.2, -0.15) is 0 Å². The minimum atomic E-state index is -1.80. The molecular formula is C42H66O17. The van der Waals surface area contributed by atoms with E-state index in [0.717, 1.165) is 5.57 Å². The number of aliphatic hydroxyl groups is 10. The highest BCUT2D eigenvalue weighted by molar-refractivity contribution is 5.79. The molecule has 0 aromatic rings. The molecule has 0 bridgehead atoms. The van der Waals surface area contributed by atoms with E-state index in [1.54, 1.807) is 0 Å². The van der Waals surface area contributed by atoms with Gasteiger partial charge in [0, 0.05) is 5.92 Å². The molecule has 2 saturated heterocycles. The number of esters is 1. The Kier molecular flexibility index (Phi) is 11.6. The summed E-state index contributed by atoms with van der Waals surface area (Å²) in [6.45, 7) is 10.4. The Hall–Kier alpha value is -1.84. The van der Waals surface area contributed by atoms with Gasteiger partial charge in [-0.05, 0) is 91.8 Å². The van der Waals surface area contributed by atoms with Gasteiger partial charge < -0.3 is 75.1 Å². The maximum atomic E-state index is 14.6. The van der Waals surface area contributed by atoms with Crippen molar-refractivity contribution in [2.75, 3.05) is 13.2 Å². The van der Waals surface area contributed by atoms with Gasteiger partial charge in [-0.15, -0.1) is 0 Å². The minimum Gasteiger partial charge on any atom is -0.481 e. The van der Waals surface area contributed by atoms with Crippen molar-refractivity contribution in [3.8, 4) is 0 Å². The molecule has 0 aromatic carbocycles. The standard InChI is InChI=1S/C42H66O17/c1-37(2)11-13-42(36(55)59-34-30(51)28(49)26(47)21(17-44)57-34)14-12-39(4)18(24(42)31(37)52)7-8-22-38(3)15-19(45)32(41(6,35(53)54)23(38)9-10-40(22,39)5)58-33-29(50)27(48)25(46)20(16-43)56-33/h7,19-34,43-52H,8-17H2,1-6H3,(H,53,54)/t19-,20-,21-,22-,23-,24-,25-,26-,27+,28+,29-,30-,31+,32+,33+,34+,38-,39-,40-,41+,42+/m1/s1. The first kappa shape index (κ1) is 45.2. The number of allylic oxidation sites excluding steroid dienone is 1. The number of hydrogen-bond donors (Lipinski definition) is 11. The average molecular weight is 843 g/mol. The Morgan fingerprint density at radius 2 is 1.29 bits per heavy atom. The van der Waals surface area contributed by atoms with Crippen molar-refractivity contribution in [2.24, 2.45) is 50.2 Å². The van der Waals surface area contributed by atoms with Crippen LogP contribution in [-0.4, -0.2) is 161 Å². The van der Waals surface area contributed by atoms with Gasteiger partial charge in [0.15, 0.2) is 6.29 Å². The molecule has 21 atom stereocenters. The van der Waals surface area contributed by atoms with E-state index in [4.69, 9.17) is 18.9 Å². The summed E-state index contributed by atoms with van der Waals surface area (Å²) in [4.78, 5) is 28.1. The molecule has 2 heterocycles. The smallest absolute Gasteiger partial charge is 0.315 e. The Bertz CT molecular complexity index is 1650. The highest BCUT2D eigenvalue weighted by Gasteiger charge is 2.73. The molecule has 6 fully saturated rings. The van der Waals surface area contributed by atoms with Crippen molar-refractivity contribution in [3.63, 3.8) is 0 Å². The molecule has 5 aliphatic carbocycles. The number of aliphatic carboxylic acids is 1. The van der Waals surface area contributed by atoms with Crippen LogP contribution in [0.15, 0.2) is 11.6 Å². The van der Waals surface area contributed by atoms with Crippen molar-refractivity contribution >= 4 is 11.9 Å². The maximum Gasteiger partial charge on any atom is 0.315 e. The Labute approximate surface area is 343 Å². The fourth-order valence-corrected chi connectivity index (χ4v) is 13.6. The molecular weight excluding hydrogens is 776 g/mol. The van der Waals surface area contributed by atoms with E-state index in [1.165, 1.54) is 6.92 Å². The van der Waals surface area contributed by atoms with Gasteiger partial charge in [0.1, 0.15) is 54.9 Å². The predicted molar refractivity (Wildman–Crippen MR) is 202 cm³/mol. The third-order valence-corrected chi connectivity index (χ3v) is 17.5. The second kappa shape index (κ2) is 15.2. The number of ether oxygens (including phenoxy) is 4. The number of aliphatic hydroxyl groups excluding tert-OH is 10. The number of carbonyl (C=O) groups is 2. The number of carbonyl (C=O) groups excluding carboxylic acids is 1. The quantitative estimate of drug-likeness (QED) is 0.0860. The first-order valence-electron chi connectivity index (χ1n) is 21.2. The molecule has 0 radical (unpaired) electrons.